The minimum absolute atomic E-state index is 0.105. The van der Waals surface area contributed by atoms with Gasteiger partial charge in [0.25, 0.3) is 0 Å². The normalized spacial score (nSPS) is 10.4. The van der Waals surface area contributed by atoms with Gasteiger partial charge in [-0.1, -0.05) is 38.3 Å². The number of ketones is 1. The van der Waals surface area contributed by atoms with Crippen molar-refractivity contribution >= 4 is 28.6 Å². The smallest absolute Gasteiger partial charge is 0.180 e. The molecule has 0 aliphatic heterocycles. The number of benzene rings is 1. The van der Waals surface area contributed by atoms with Crippen LogP contribution in [0.15, 0.2) is 30.6 Å². The van der Waals surface area contributed by atoms with E-state index in [9.17, 15) is 9.18 Å². The van der Waals surface area contributed by atoms with Gasteiger partial charge in [0.15, 0.2) is 5.78 Å². The molecule has 0 amide bonds. The molecule has 0 radical (unpaired) electrons. The molecule has 2 heterocycles. The zero-order valence-electron chi connectivity index (χ0n) is 14.4. The van der Waals surface area contributed by atoms with Crippen molar-refractivity contribution in [3.8, 4) is 11.3 Å². The number of aromatic nitrogens is 3. The number of anilines is 1. The molecule has 0 unspecified atom stereocenters. The molecular weight excluding hydrogens is 343 g/mol. The van der Waals surface area contributed by atoms with Gasteiger partial charge in [-0.05, 0) is 24.3 Å². The van der Waals surface area contributed by atoms with Crippen molar-refractivity contribution in [2.45, 2.75) is 33.6 Å². The highest BCUT2D eigenvalue weighted by Crippen LogP contribution is 2.33. The fourth-order valence-corrected chi connectivity index (χ4v) is 2.35. The molecule has 7 heteroatoms. The number of rotatable bonds is 3. The molecule has 0 bridgehead atoms. The summed E-state index contributed by atoms with van der Waals surface area (Å²) in [5.41, 5.74) is 7.25. The first-order valence-corrected chi connectivity index (χ1v) is 8.37. The number of carbonyl (C=O) groups is 1. The van der Waals surface area contributed by atoms with Crippen LogP contribution in [-0.2, 0) is 0 Å². The van der Waals surface area contributed by atoms with Crippen molar-refractivity contribution < 1.29 is 9.18 Å². The zero-order chi connectivity index (χ0) is 18.6. The summed E-state index contributed by atoms with van der Waals surface area (Å²) in [5, 5.41) is 4.34. The van der Waals surface area contributed by atoms with Crippen molar-refractivity contribution in [1.29, 1.82) is 0 Å². The number of hydrogen-bond acceptors (Lipinski definition) is 4. The third-order valence-electron chi connectivity index (χ3n) is 3.61. The topological polar surface area (TPSA) is 73.3 Å². The number of fused-ring (bicyclic) bond motifs is 1. The fraction of sp³-hybridized carbons (Fsp3) is 0.278. The lowest BCUT2D eigenvalue weighted by Crippen LogP contribution is -1.99. The second-order valence-corrected chi connectivity index (χ2v) is 5.90. The first-order chi connectivity index (χ1) is 11.9. The lowest BCUT2D eigenvalue weighted by atomic mass is 10.1. The Kier molecular flexibility index (Phi) is 6.09. The molecule has 2 aromatic heterocycles. The highest BCUT2D eigenvalue weighted by atomic mass is 35.5. The van der Waals surface area contributed by atoms with E-state index in [1.54, 1.807) is 12.1 Å². The van der Waals surface area contributed by atoms with E-state index in [1.165, 1.54) is 42.7 Å². The van der Waals surface area contributed by atoms with E-state index in [-0.39, 0.29) is 22.1 Å². The minimum Gasteiger partial charge on any atom is -0.398 e. The maximum atomic E-state index is 14.0. The zero-order valence-corrected chi connectivity index (χ0v) is 15.1. The number of nitrogens with zero attached hydrogens (tertiary/aromatic N) is 3. The van der Waals surface area contributed by atoms with Gasteiger partial charge in [0.2, 0.25) is 0 Å². The molecule has 0 atom stereocenters. The van der Waals surface area contributed by atoms with Gasteiger partial charge in [-0.3, -0.25) is 4.79 Å². The van der Waals surface area contributed by atoms with Crippen molar-refractivity contribution in [3.05, 3.63) is 47.1 Å². The average molecular weight is 363 g/mol. The Labute approximate surface area is 150 Å². The van der Waals surface area contributed by atoms with E-state index in [0.29, 0.717) is 16.9 Å². The predicted octanol–water partition coefficient (Wildman–Crippen LogP) is 4.78. The third-order valence-corrected chi connectivity index (χ3v) is 4.02. The molecule has 3 rings (SSSR count). The van der Waals surface area contributed by atoms with Crippen LogP contribution in [0.4, 0.5) is 10.1 Å². The van der Waals surface area contributed by atoms with Crippen LogP contribution in [0.1, 0.15) is 44.1 Å². The largest absolute Gasteiger partial charge is 0.398 e. The molecule has 1 aromatic carbocycles. The standard InChI is InChI=1S/C14H10ClFN4O.C4H10/c1-7(21)14-11-5-4-10(19-20(11)6-18-14)12-8(16)2-3-9(17)13(12)15;1-3-4-2/h2-6H,17H2,1H3;3-4H2,1-2H3. The van der Waals surface area contributed by atoms with E-state index >= 15 is 0 Å². The van der Waals surface area contributed by atoms with Crippen LogP contribution in [0.3, 0.4) is 0 Å². The summed E-state index contributed by atoms with van der Waals surface area (Å²) >= 11 is 6.06. The molecule has 0 spiro atoms. The molecule has 25 heavy (non-hydrogen) atoms. The molecule has 0 aliphatic rings. The van der Waals surface area contributed by atoms with Gasteiger partial charge in [0.05, 0.1) is 27.5 Å². The minimum atomic E-state index is -0.520. The van der Waals surface area contributed by atoms with E-state index < -0.39 is 5.82 Å². The van der Waals surface area contributed by atoms with Crippen LogP contribution in [0.25, 0.3) is 16.8 Å². The third kappa shape index (κ3) is 3.96. The summed E-state index contributed by atoms with van der Waals surface area (Å²) in [4.78, 5) is 15.4. The van der Waals surface area contributed by atoms with E-state index in [4.69, 9.17) is 17.3 Å². The second-order valence-electron chi connectivity index (χ2n) is 5.52. The number of Topliss-reactive ketones (excluding diaryl/α,β-unsaturated/α-hetero) is 1. The van der Waals surface area contributed by atoms with Gasteiger partial charge < -0.3 is 5.73 Å². The highest BCUT2D eigenvalue weighted by Gasteiger charge is 2.16. The first kappa shape index (κ1) is 18.9. The Bertz CT molecular complexity index is 905. The van der Waals surface area contributed by atoms with Crippen LogP contribution >= 0.6 is 11.6 Å². The van der Waals surface area contributed by atoms with Gasteiger partial charge >= 0.3 is 0 Å². The molecule has 2 N–H and O–H groups in total. The molecular formula is C18H20ClFN4O. The van der Waals surface area contributed by atoms with Crippen molar-refractivity contribution in [2.24, 2.45) is 0 Å². The second kappa shape index (κ2) is 8.07. The molecule has 5 nitrogen and oxygen atoms in total. The summed E-state index contributed by atoms with van der Waals surface area (Å²) in [7, 11) is 0. The van der Waals surface area contributed by atoms with E-state index in [1.807, 2.05) is 0 Å². The van der Waals surface area contributed by atoms with Crippen LogP contribution in [0.2, 0.25) is 5.02 Å². The number of imidazole rings is 1. The van der Waals surface area contributed by atoms with Gasteiger partial charge in [-0.25, -0.2) is 13.9 Å². The Morgan fingerprint density at radius 3 is 2.52 bits per heavy atom. The monoisotopic (exact) mass is 362 g/mol. The number of nitrogen functional groups attached to an aromatic ring is 1. The predicted molar refractivity (Wildman–Crippen MR) is 98.4 cm³/mol. The summed E-state index contributed by atoms with van der Waals surface area (Å²) < 4.78 is 15.4. The summed E-state index contributed by atoms with van der Waals surface area (Å²) in [5.74, 6) is -0.687. The quantitative estimate of drug-likeness (QED) is 0.537. The van der Waals surface area contributed by atoms with Gasteiger partial charge in [0.1, 0.15) is 17.8 Å². The van der Waals surface area contributed by atoms with Crippen molar-refractivity contribution in [3.63, 3.8) is 0 Å². The molecule has 3 aromatic rings. The molecule has 0 aliphatic carbocycles. The Morgan fingerprint density at radius 1 is 1.24 bits per heavy atom. The number of carbonyl (C=O) groups excluding carboxylic acids is 1. The van der Waals surface area contributed by atoms with E-state index in [0.717, 1.165) is 0 Å². The molecule has 0 saturated heterocycles. The lowest BCUT2D eigenvalue weighted by molar-refractivity contribution is 0.101. The fourth-order valence-electron chi connectivity index (χ4n) is 2.10. The Balaban J connectivity index is 0.000000511. The van der Waals surface area contributed by atoms with Crippen LogP contribution in [0.5, 0.6) is 0 Å². The van der Waals surface area contributed by atoms with Crippen molar-refractivity contribution in [2.75, 3.05) is 5.73 Å². The maximum absolute atomic E-state index is 14.0. The number of unbranched alkanes of at least 4 members (excludes halogenated alkanes) is 1. The Morgan fingerprint density at radius 2 is 1.92 bits per heavy atom. The SMILES string of the molecule is CC(=O)c1ncn2nc(-c3c(F)ccc(N)c3Cl)ccc12.CCCC. The van der Waals surface area contributed by atoms with Crippen LogP contribution in [0, 0.1) is 5.82 Å². The molecule has 0 saturated carbocycles. The highest BCUT2D eigenvalue weighted by molar-refractivity contribution is 6.35. The van der Waals surface area contributed by atoms with Crippen LogP contribution < -0.4 is 5.73 Å². The van der Waals surface area contributed by atoms with Crippen molar-refractivity contribution in [1.82, 2.24) is 14.6 Å². The number of nitrogens with two attached hydrogens (primary N) is 1. The average Bonchev–Trinajstić information content (AvgIpc) is 3.02. The molecule has 132 valence electrons. The summed E-state index contributed by atoms with van der Waals surface area (Å²) in [6, 6.07) is 5.85. The van der Waals surface area contributed by atoms with Crippen LogP contribution in [-0.4, -0.2) is 20.4 Å². The lowest BCUT2D eigenvalue weighted by Gasteiger charge is -2.08. The number of hydrogen-bond donors (Lipinski definition) is 1. The summed E-state index contributed by atoms with van der Waals surface area (Å²) in [6.07, 6.45) is 4.04. The first-order valence-electron chi connectivity index (χ1n) is 7.99. The number of halogens is 2. The van der Waals surface area contributed by atoms with Gasteiger partial charge in [-0.15, -0.1) is 0 Å². The van der Waals surface area contributed by atoms with Gasteiger partial charge in [0, 0.05) is 6.92 Å². The Hall–Kier alpha value is -2.47. The van der Waals surface area contributed by atoms with E-state index in [2.05, 4.69) is 23.9 Å². The molecule has 0 fully saturated rings. The summed E-state index contributed by atoms with van der Waals surface area (Å²) in [6.45, 7) is 5.78. The van der Waals surface area contributed by atoms with Gasteiger partial charge in [-0.2, -0.15) is 5.10 Å². The maximum Gasteiger partial charge on any atom is 0.180 e.